The van der Waals surface area contributed by atoms with Crippen molar-refractivity contribution >= 4 is 34.1 Å². The molecule has 0 fully saturated rings. The van der Waals surface area contributed by atoms with Crippen LogP contribution in [0.5, 0.6) is 0 Å². The van der Waals surface area contributed by atoms with Crippen LogP contribution in [0.15, 0.2) is 53.4 Å². The molecule has 1 amide bonds. The first-order valence-corrected chi connectivity index (χ1v) is 9.30. The summed E-state index contributed by atoms with van der Waals surface area (Å²) in [6, 6.07) is 16.2. The van der Waals surface area contributed by atoms with Gasteiger partial charge in [0.2, 0.25) is 5.13 Å². The molecular formula is C18H17N3OS2. The molecule has 3 aromatic rings. The number of carbonyl (C=O) groups excluding carboxylic acids is 1. The van der Waals surface area contributed by atoms with Crippen molar-refractivity contribution in [3.63, 3.8) is 0 Å². The zero-order valence-corrected chi connectivity index (χ0v) is 15.1. The van der Waals surface area contributed by atoms with E-state index in [0.29, 0.717) is 10.7 Å². The van der Waals surface area contributed by atoms with Crippen molar-refractivity contribution in [2.24, 2.45) is 0 Å². The van der Waals surface area contributed by atoms with E-state index in [4.69, 9.17) is 0 Å². The molecule has 0 spiro atoms. The smallest absolute Gasteiger partial charge is 0.257 e. The highest BCUT2D eigenvalue weighted by molar-refractivity contribution is 7.98. The fourth-order valence-corrected chi connectivity index (χ4v) is 3.51. The molecule has 0 saturated heterocycles. The Bertz CT molecular complexity index is 826. The van der Waals surface area contributed by atoms with E-state index >= 15 is 0 Å². The predicted octanol–water partition coefficient (Wildman–Crippen LogP) is 4.70. The molecule has 1 N–H and O–H groups in total. The minimum absolute atomic E-state index is 0.163. The number of aryl methyl sites for hydroxylation is 2. The number of nitrogens with zero attached hydrogens (tertiary/aromatic N) is 2. The summed E-state index contributed by atoms with van der Waals surface area (Å²) in [5, 5.41) is 11.9. The van der Waals surface area contributed by atoms with Gasteiger partial charge in [-0.05, 0) is 43.7 Å². The highest BCUT2D eigenvalue weighted by Gasteiger charge is 2.09. The molecule has 0 saturated carbocycles. The van der Waals surface area contributed by atoms with E-state index in [9.17, 15) is 4.79 Å². The molecule has 4 nitrogen and oxygen atoms in total. The first-order chi connectivity index (χ1) is 11.6. The number of hydrogen-bond donors (Lipinski definition) is 1. The number of nitrogens with one attached hydrogen (secondary N) is 1. The topological polar surface area (TPSA) is 54.9 Å². The number of rotatable bonds is 5. The molecule has 24 heavy (non-hydrogen) atoms. The lowest BCUT2D eigenvalue weighted by atomic mass is 10.1. The van der Waals surface area contributed by atoms with Crippen molar-refractivity contribution in [1.82, 2.24) is 10.2 Å². The number of hydrogen-bond acceptors (Lipinski definition) is 5. The summed E-state index contributed by atoms with van der Waals surface area (Å²) in [5.41, 5.74) is 3.07. The second-order valence-corrected chi connectivity index (χ2v) is 7.61. The van der Waals surface area contributed by atoms with E-state index in [0.717, 1.165) is 10.8 Å². The molecule has 122 valence electrons. The van der Waals surface area contributed by atoms with Crippen LogP contribution in [-0.4, -0.2) is 16.1 Å². The third-order valence-corrected chi connectivity index (χ3v) is 5.23. The van der Waals surface area contributed by atoms with Gasteiger partial charge in [-0.1, -0.05) is 41.2 Å². The maximum Gasteiger partial charge on any atom is 0.257 e. The molecule has 6 heteroatoms. The van der Waals surface area contributed by atoms with E-state index in [1.807, 2.05) is 31.2 Å². The third-order valence-electron chi connectivity index (χ3n) is 3.39. The molecule has 0 aliphatic carbocycles. The van der Waals surface area contributed by atoms with Gasteiger partial charge in [-0.2, -0.15) is 0 Å². The molecule has 1 heterocycles. The Kier molecular flexibility index (Phi) is 5.27. The van der Waals surface area contributed by atoms with Gasteiger partial charge in [-0.25, -0.2) is 0 Å². The van der Waals surface area contributed by atoms with Crippen molar-refractivity contribution in [1.29, 1.82) is 0 Å². The Morgan fingerprint density at radius 1 is 1.04 bits per heavy atom. The van der Waals surface area contributed by atoms with Gasteiger partial charge in [0.05, 0.1) is 0 Å². The SMILES string of the molecule is Cc1ccc(SCc2ccc(C(=O)Nc3nnc(C)s3)cc2)cc1. The van der Waals surface area contributed by atoms with Crippen molar-refractivity contribution in [3.05, 3.63) is 70.2 Å². The normalized spacial score (nSPS) is 10.6. The summed E-state index contributed by atoms with van der Waals surface area (Å²) in [5.74, 6) is 0.712. The maximum atomic E-state index is 12.2. The highest BCUT2D eigenvalue weighted by Crippen LogP contribution is 2.23. The quantitative estimate of drug-likeness (QED) is 0.674. The molecule has 0 bridgehead atoms. The molecule has 0 unspecified atom stereocenters. The average molecular weight is 355 g/mol. The largest absolute Gasteiger partial charge is 0.296 e. The van der Waals surface area contributed by atoms with E-state index in [1.54, 1.807) is 11.8 Å². The van der Waals surface area contributed by atoms with Gasteiger partial charge < -0.3 is 0 Å². The van der Waals surface area contributed by atoms with Gasteiger partial charge in [-0.3, -0.25) is 10.1 Å². The number of aromatic nitrogens is 2. The Morgan fingerprint density at radius 2 is 1.75 bits per heavy atom. The van der Waals surface area contributed by atoms with Gasteiger partial charge >= 0.3 is 0 Å². The van der Waals surface area contributed by atoms with Gasteiger partial charge in [0.25, 0.3) is 5.91 Å². The van der Waals surface area contributed by atoms with Crippen molar-refractivity contribution in [2.75, 3.05) is 5.32 Å². The van der Waals surface area contributed by atoms with E-state index in [-0.39, 0.29) is 5.91 Å². The average Bonchev–Trinajstić information content (AvgIpc) is 2.99. The standard InChI is InChI=1S/C18H17N3OS2/c1-12-3-9-16(10-4-12)23-11-14-5-7-15(8-6-14)17(22)19-18-21-20-13(2)24-18/h3-10H,11H2,1-2H3,(H,19,21,22). The number of anilines is 1. The number of thioether (sulfide) groups is 1. The maximum absolute atomic E-state index is 12.2. The molecule has 0 aliphatic heterocycles. The molecule has 0 atom stereocenters. The summed E-state index contributed by atoms with van der Waals surface area (Å²) >= 11 is 3.15. The Labute approximate surface area is 149 Å². The first kappa shape index (κ1) is 16.7. The van der Waals surface area contributed by atoms with Crippen molar-refractivity contribution in [2.45, 2.75) is 24.5 Å². The lowest BCUT2D eigenvalue weighted by Gasteiger charge is -2.05. The second kappa shape index (κ2) is 7.59. The van der Waals surface area contributed by atoms with E-state index < -0.39 is 0 Å². The van der Waals surface area contributed by atoms with Crippen LogP contribution in [0.1, 0.15) is 26.5 Å². The fraction of sp³-hybridized carbons (Fsp3) is 0.167. The number of amides is 1. The molecule has 0 aliphatic rings. The molecule has 1 aromatic heterocycles. The van der Waals surface area contributed by atoms with Crippen molar-refractivity contribution in [3.8, 4) is 0 Å². The second-order valence-electron chi connectivity index (χ2n) is 5.38. The van der Waals surface area contributed by atoms with Gasteiger partial charge in [-0.15, -0.1) is 22.0 Å². The summed E-state index contributed by atoms with van der Waals surface area (Å²) in [6.45, 7) is 3.94. The lowest BCUT2D eigenvalue weighted by molar-refractivity contribution is 0.102. The molecular weight excluding hydrogens is 338 g/mol. The zero-order valence-electron chi connectivity index (χ0n) is 13.4. The molecule has 0 radical (unpaired) electrons. The summed E-state index contributed by atoms with van der Waals surface area (Å²) in [6.07, 6.45) is 0. The van der Waals surface area contributed by atoms with Crippen LogP contribution in [0.4, 0.5) is 5.13 Å². The fourth-order valence-electron chi connectivity index (χ4n) is 2.07. The first-order valence-electron chi connectivity index (χ1n) is 7.50. The van der Waals surface area contributed by atoms with Gasteiger partial charge in [0.1, 0.15) is 5.01 Å². The molecule has 3 rings (SSSR count). The Hall–Kier alpha value is -2.18. The van der Waals surface area contributed by atoms with Crippen LogP contribution in [0.3, 0.4) is 0 Å². The lowest BCUT2D eigenvalue weighted by Crippen LogP contribution is -2.11. The third kappa shape index (κ3) is 4.43. The highest BCUT2D eigenvalue weighted by atomic mass is 32.2. The van der Waals surface area contributed by atoms with Gasteiger partial charge in [0, 0.05) is 16.2 Å². The monoisotopic (exact) mass is 355 g/mol. The minimum atomic E-state index is -0.163. The zero-order chi connectivity index (χ0) is 16.9. The predicted molar refractivity (Wildman–Crippen MR) is 99.8 cm³/mol. The van der Waals surface area contributed by atoms with Crippen LogP contribution in [0.25, 0.3) is 0 Å². The number of benzene rings is 2. The molecule has 2 aromatic carbocycles. The van der Waals surface area contributed by atoms with Crippen LogP contribution < -0.4 is 5.32 Å². The van der Waals surface area contributed by atoms with Crippen LogP contribution in [0.2, 0.25) is 0 Å². The van der Waals surface area contributed by atoms with Crippen LogP contribution in [-0.2, 0) is 5.75 Å². The summed E-state index contributed by atoms with van der Waals surface area (Å²) in [7, 11) is 0. The Balaban J connectivity index is 1.58. The summed E-state index contributed by atoms with van der Waals surface area (Å²) < 4.78 is 0. The summed E-state index contributed by atoms with van der Waals surface area (Å²) in [4.78, 5) is 13.4. The van der Waals surface area contributed by atoms with Crippen LogP contribution in [0, 0.1) is 13.8 Å². The van der Waals surface area contributed by atoms with Crippen LogP contribution >= 0.6 is 23.1 Å². The van der Waals surface area contributed by atoms with E-state index in [2.05, 4.69) is 46.7 Å². The number of carbonyl (C=O) groups is 1. The van der Waals surface area contributed by atoms with Crippen molar-refractivity contribution < 1.29 is 4.79 Å². The Morgan fingerprint density at radius 3 is 2.38 bits per heavy atom. The van der Waals surface area contributed by atoms with Gasteiger partial charge in [0.15, 0.2) is 0 Å². The minimum Gasteiger partial charge on any atom is -0.296 e. The van der Waals surface area contributed by atoms with E-state index in [1.165, 1.54) is 27.4 Å².